The highest BCUT2D eigenvalue weighted by atomic mass is 16.5. The molecule has 0 radical (unpaired) electrons. The van der Waals surface area contributed by atoms with E-state index in [0.717, 1.165) is 64.5 Å². The Bertz CT molecular complexity index is 802. The van der Waals surface area contributed by atoms with Gasteiger partial charge in [-0.05, 0) is 71.5 Å². The summed E-state index contributed by atoms with van der Waals surface area (Å²) in [5.74, 6) is 0.926. The third-order valence-corrected chi connectivity index (χ3v) is 12.0. The zero-order chi connectivity index (χ0) is 40.5. The molecule has 2 unspecified atom stereocenters. The minimum atomic E-state index is 0.00827. The van der Waals surface area contributed by atoms with Crippen LogP contribution >= 0.6 is 0 Å². The van der Waals surface area contributed by atoms with Crippen LogP contribution in [0.3, 0.4) is 0 Å². The van der Waals surface area contributed by atoms with E-state index in [9.17, 15) is 9.59 Å². The summed E-state index contributed by atoms with van der Waals surface area (Å²) in [5.41, 5.74) is 0. The van der Waals surface area contributed by atoms with Gasteiger partial charge in [0.15, 0.2) is 0 Å². The second-order valence-corrected chi connectivity index (χ2v) is 17.8. The minimum absolute atomic E-state index is 0.00827. The van der Waals surface area contributed by atoms with Crippen molar-refractivity contribution < 1.29 is 14.3 Å². The molecule has 0 saturated carbocycles. The van der Waals surface area contributed by atoms with E-state index in [1.54, 1.807) is 0 Å². The fraction of sp³-hybridized carbons (Fsp3) is 0.960. The van der Waals surface area contributed by atoms with Gasteiger partial charge in [-0.3, -0.25) is 9.59 Å². The van der Waals surface area contributed by atoms with Gasteiger partial charge in [0.25, 0.3) is 0 Å². The Morgan fingerprint density at radius 2 is 0.800 bits per heavy atom. The topological polar surface area (TPSA) is 49.9 Å². The van der Waals surface area contributed by atoms with Crippen molar-refractivity contribution in [3.05, 3.63) is 0 Å². The van der Waals surface area contributed by atoms with Crippen LogP contribution in [0.25, 0.3) is 0 Å². The molecule has 0 bridgehead atoms. The van der Waals surface area contributed by atoms with E-state index in [-0.39, 0.29) is 5.97 Å². The van der Waals surface area contributed by atoms with Gasteiger partial charge in [0, 0.05) is 25.4 Å². The van der Waals surface area contributed by atoms with Crippen molar-refractivity contribution in [2.45, 2.75) is 271 Å². The van der Waals surface area contributed by atoms with Crippen LogP contribution in [-0.2, 0) is 14.3 Å². The molecule has 0 rings (SSSR count). The van der Waals surface area contributed by atoms with Crippen molar-refractivity contribution in [1.29, 1.82) is 0 Å². The summed E-state index contributed by atoms with van der Waals surface area (Å²) in [4.78, 5) is 31.2. The average molecular weight is 777 g/mol. The first-order valence-electron chi connectivity index (χ1n) is 25.0. The predicted octanol–water partition coefficient (Wildman–Crippen LogP) is 15.4. The lowest BCUT2D eigenvalue weighted by Crippen LogP contribution is -2.41. The summed E-state index contributed by atoms with van der Waals surface area (Å²) >= 11 is 0. The molecule has 1 amide bonds. The smallest absolute Gasteiger partial charge is 0.305 e. The molecular weight excluding hydrogens is 677 g/mol. The van der Waals surface area contributed by atoms with Gasteiger partial charge in [0.05, 0.1) is 6.61 Å². The lowest BCUT2D eigenvalue weighted by Gasteiger charge is -2.33. The largest absolute Gasteiger partial charge is 0.465 e. The van der Waals surface area contributed by atoms with E-state index in [1.807, 2.05) is 0 Å². The molecule has 0 aromatic heterocycles. The third-order valence-electron chi connectivity index (χ3n) is 12.0. The zero-order valence-corrected chi connectivity index (χ0v) is 38.6. The molecule has 5 nitrogen and oxygen atoms in total. The number of esters is 1. The quantitative estimate of drug-likeness (QED) is 0.0457. The predicted molar refractivity (Wildman–Crippen MR) is 242 cm³/mol. The first-order valence-corrected chi connectivity index (χ1v) is 25.0. The molecule has 2 atom stereocenters. The molecule has 0 fully saturated rings. The molecule has 5 heteroatoms. The van der Waals surface area contributed by atoms with Crippen LogP contribution in [0.5, 0.6) is 0 Å². The molecule has 0 N–H and O–H groups in total. The van der Waals surface area contributed by atoms with E-state index in [4.69, 9.17) is 4.74 Å². The fourth-order valence-corrected chi connectivity index (χ4v) is 8.26. The lowest BCUT2D eigenvalue weighted by molar-refractivity contribution is -0.145. The maximum Gasteiger partial charge on any atom is 0.305 e. The average Bonchev–Trinajstić information content (AvgIpc) is 3.17. The van der Waals surface area contributed by atoms with Crippen LogP contribution in [-0.4, -0.2) is 61.5 Å². The molecule has 0 aliphatic carbocycles. The SMILES string of the molecule is CCCCCCCCCCC(CCCCCCC(=O)OCC(CCCCCC)CCCCCCCC)N(CCCCCCCCCC)C(=O)CCCN(C)C. The minimum Gasteiger partial charge on any atom is -0.465 e. The molecule has 0 aliphatic rings. The number of nitrogens with zero attached hydrogens (tertiary/aromatic N) is 2. The van der Waals surface area contributed by atoms with Gasteiger partial charge in [0.2, 0.25) is 5.91 Å². The highest BCUT2D eigenvalue weighted by molar-refractivity contribution is 5.76. The lowest BCUT2D eigenvalue weighted by atomic mass is 9.95. The Hall–Kier alpha value is -1.10. The number of ether oxygens (including phenoxy) is 1. The van der Waals surface area contributed by atoms with Crippen LogP contribution < -0.4 is 0 Å². The molecular formula is C50H100N2O3. The third kappa shape index (κ3) is 37.0. The van der Waals surface area contributed by atoms with Gasteiger partial charge < -0.3 is 14.5 Å². The Balaban J connectivity index is 5.02. The van der Waals surface area contributed by atoms with E-state index in [2.05, 4.69) is 51.6 Å². The van der Waals surface area contributed by atoms with Crippen molar-refractivity contribution in [1.82, 2.24) is 9.80 Å². The van der Waals surface area contributed by atoms with Gasteiger partial charge >= 0.3 is 5.97 Å². The van der Waals surface area contributed by atoms with Gasteiger partial charge in [-0.2, -0.15) is 0 Å². The Labute approximate surface area is 346 Å². The highest BCUT2D eigenvalue weighted by Crippen LogP contribution is 2.23. The number of hydrogen-bond acceptors (Lipinski definition) is 4. The molecule has 0 heterocycles. The highest BCUT2D eigenvalue weighted by Gasteiger charge is 2.23. The number of rotatable bonds is 44. The normalized spacial score (nSPS) is 12.7. The van der Waals surface area contributed by atoms with E-state index in [1.165, 1.54) is 173 Å². The second kappa shape index (κ2) is 42.5. The molecule has 0 aromatic rings. The monoisotopic (exact) mass is 777 g/mol. The summed E-state index contributed by atoms with van der Waals surface area (Å²) in [7, 11) is 4.22. The summed E-state index contributed by atoms with van der Waals surface area (Å²) in [6.45, 7) is 11.7. The van der Waals surface area contributed by atoms with Gasteiger partial charge in [0.1, 0.15) is 0 Å². The van der Waals surface area contributed by atoms with Crippen LogP contribution in [0.15, 0.2) is 0 Å². The number of hydrogen-bond donors (Lipinski definition) is 0. The molecule has 328 valence electrons. The summed E-state index contributed by atoms with van der Waals surface area (Å²) < 4.78 is 5.89. The maximum atomic E-state index is 13.8. The Morgan fingerprint density at radius 3 is 1.25 bits per heavy atom. The fourth-order valence-electron chi connectivity index (χ4n) is 8.26. The van der Waals surface area contributed by atoms with Crippen LogP contribution in [0.4, 0.5) is 0 Å². The molecule has 0 saturated heterocycles. The number of carbonyl (C=O) groups is 2. The zero-order valence-electron chi connectivity index (χ0n) is 38.6. The molecule has 0 aliphatic heterocycles. The van der Waals surface area contributed by atoms with Crippen LogP contribution in [0.1, 0.15) is 265 Å². The van der Waals surface area contributed by atoms with Gasteiger partial charge in [-0.25, -0.2) is 0 Å². The van der Waals surface area contributed by atoms with E-state index < -0.39 is 0 Å². The van der Waals surface area contributed by atoms with E-state index >= 15 is 0 Å². The van der Waals surface area contributed by atoms with Crippen molar-refractivity contribution in [3.63, 3.8) is 0 Å². The standard InChI is InChI=1S/C50H100N2O3/c1-7-11-15-19-22-24-27-33-40-48(52(49(53)42-37-44-51(5)6)45-36-30-25-23-20-16-12-8-2)41-34-28-29-35-43-50(54)55-46-47(38-31-18-14-10-4)39-32-26-21-17-13-9-3/h47-48H,7-46H2,1-6H3. The molecule has 0 aromatic carbocycles. The van der Waals surface area contributed by atoms with Crippen molar-refractivity contribution in [2.75, 3.05) is 33.8 Å². The summed E-state index contributed by atoms with van der Waals surface area (Å²) in [6.07, 6.45) is 45.3. The number of carbonyl (C=O) groups excluding carboxylic acids is 2. The van der Waals surface area contributed by atoms with Crippen LogP contribution in [0, 0.1) is 5.92 Å². The Kier molecular flexibility index (Phi) is 41.7. The molecule has 55 heavy (non-hydrogen) atoms. The second-order valence-electron chi connectivity index (χ2n) is 17.8. The Morgan fingerprint density at radius 1 is 0.418 bits per heavy atom. The summed E-state index contributed by atoms with van der Waals surface area (Å²) in [5, 5.41) is 0. The van der Waals surface area contributed by atoms with Crippen molar-refractivity contribution in [3.8, 4) is 0 Å². The number of unbranched alkanes of at least 4 members (excludes halogenated alkanes) is 25. The maximum absolute atomic E-state index is 13.8. The van der Waals surface area contributed by atoms with Crippen molar-refractivity contribution >= 4 is 11.9 Å². The number of amides is 1. The van der Waals surface area contributed by atoms with Gasteiger partial charge in [-0.1, -0.05) is 207 Å². The first-order chi connectivity index (χ1) is 26.9. The van der Waals surface area contributed by atoms with Crippen LogP contribution in [0.2, 0.25) is 0 Å². The van der Waals surface area contributed by atoms with Gasteiger partial charge in [-0.15, -0.1) is 0 Å². The molecule has 0 spiro atoms. The summed E-state index contributed by atoms with van der Waals surface area (Å²) in [6, 6.07) is 0.363. The van der Waals surface area contributed by atoms with Crippen molar-refractivity contribution in [2.24, 2.45) is 5.92 Å². The van der Waals surface area contributed by atoms with E-state index in [0.29, 0.717) is 37.3 Å². The first kappa shape index (κ1) is 53.9.